The lowest BCUT2D eigenvalue weighted by atomic mass is 10.0. The maximum atomic E-state index is 13.7. The van der Waals surface area contributed by atoms with E-state index in [1.54, 1.807) is 0 Å². The predicted octanol–water partition coefficient (Wildman–Crippen LogP) is 7.96. The van der Waals surface area contributed by atoms with E-state index in [0.29, 0.717) is 6.54 Å². The number of benzene rings is 4. The van der Waals surface area contributed by atoms with Gasteiger partial charge in [0.1, 0.15) is 0 Å². The Kier molecular flexibility index (Phi) is 6.57. The molecule has 3 nitrogen and oxygen atoms in total. The Balaban J connectivity index is 1.32. The molecule has 1 aliphatic heterocycles. The van der Waals surface area contributed by atoms with Crippen molar-refractivity contribution < 1.29 is 4.79 Å². The highest BCUT2D eigenvalue weighted by atomic mass is 16.2. The molecule has 0 saturated heterocycles. The SMILES string of the molecule is O=C1/C(=C\c2cn(C/C=C\c3ccccc3)c3ccccc23)c2ccccc2N1C/C=C\c1ccccc1. The van der Waals surface area contributed by atoms with E-state index in [1.807, 2.05) is 65.6 Å². The zero-order valence-electron chi connectivity index (χ0n) is 21.1. The number of anilines is 1. The van der Waals surface area contributed by atoms with Gasteiger partial charge in [0.15, 0.2) is 0 Å². The maximum Gasteiger partial charge on any atom is 0.259 e. The number of aromatic nitrogens is 1. The van der Waals surface area contributed by atoms with Gasteiger partial charge in [-0.15, -0.1) is 0 Å². The first-order chi connectivity index (χ1) is 18.8. The molecule has 0 aliphatic carbocycles. The second-order valence-corrected chi connectivity index (χ2v) is 9.37. The topological polar surface area (TPSA) is 25.2 Å². The van der Waals surface area contributed by atoms with E-state index < -0.39 is 0 Å². The second-order valence-electron chi connectivity index (χ2n) is 9.37. The van der Waals surface area contributed by atoms with Crippen LogP contribution in [0.25, 0.3) is 34.7 Å². The highest BCUT2D eigenvalue weighted by Gasteiger charge is 2.31. The first kappa shape index (κ1) is 23.5. The van der Waals surface area contributed by atoms with Crippen LogP contribution in [0.5, 0.6) is 0 Å². The summed E-state index contributed by atoms with van der Waals surface area (Å²) in [4.78, 5) is 15.6. The molecule has 0 saturated carbocycles. The monoisotopic (exact) mass is 492 g/mol. The quantitative estimate of drug-likeness (QED) is 0.212. The van der Waals surface area contributed by atoms with E-state index in [4.69, 9.17) is 0 Å². The van der Waals surface area contributed by atoms with Crippen LogP contribution in [0.3, 0.4) is 0 Å². The molecule has 5 aromatic rings. The summed E-state index contributed by atoms with van der Waals surface area (Å²) in [6.45, 7) is 1.27. The summed E-state index contributed by atoms with van der Waals surface area (Å²) in [6.07, 6.45) is 12.6. The van der Waals surface area contributed by atoms with Gasteiger partial charge in [0.2, 0.25) is 0 Å². The van der Waals surface area contributed by atoms with Crippen molar-refractivity contribution in [2.24, 2.45) is 0 Å². The third-order valence-corrected chi connectivity index (χ3v) is 6.89. The molecule has 2 heterocycles. The van der Waals surface area contributed by atoms with E-state index in [1.165, 1.54) is 5.56 Å². The van der Waals surface area contributed by atoms with Crippen LogP contribution in [-0.4, -0.2) is 17.0 Å². The van der Waals surface area contributed by atoms with Crippen molar-refractivity contribution in [3.8, 4) is 0 Å². The number of carbonyl (C=O) groups excluding carboxylic acids is 1. The summed E-state index contributed by atoms with van der Waals surface area (Å²) in [5, 5.41) is 1.14. The Hall–Kier alpha value is -4.89. The number of hydrogen-bond donors (Lipinski definition) is 0. The Morgan fingerprint density at radius 2 is 1.24 bits per heavy atom. The fraction of sp³-hybridized carbons (Fsp3) is 0.0571. The van der Waals surface area contributed by atoms with Crippen LogP contribution in [-0.2, 0) is 11.3 Å². The van der Waals surface area contributed by atoms with E-state index in [9.17, 15) is 4.79 Å². The van der Waals surface area contributed by atoms with Crippen LogP contribution in [0, 0.1) is 0 Å². The Morgan fingerprint density at radius 3 is 1.97 bits per heavy atom. The van der Waals surface area contributed by atoms with Crippen molar-refractivity contribution in [1.29, 1.82) is 0 Å². The molecular weight excluding hydrogens is 464 g/mol. The fourth-order valence-electron chi connectivity index (χ4n) is 5.05. The molecule has 184 valence electrons. The van der Waals surface area contributed by atoms with Crippen molar-refractivity contribution in [3.63, 3.8) is 0 Å². The van der Waals surface area contributed by atoms with Crippen LogP contribution < -0.4 is 4.90 Å². The van der Waals surface area contributed by atoms with Crippen LogP contribution in [0.15, 0.2) is 128 Å². The van der Waals surface area contributed by atoms with Crippen molar-refractivity contribution in [1.82, 2.24) is 4.57 Å². The predicted molar refractivity (Wildman–Crippen MR) is 160 cm³/mol. The molecular formula is C35H28N2O. The summed E-state index contributed by atoms with van der Waals surface area (Å²) in [6, 6.07) is 36.9. The number of fused-ring (bicyclic) bond motifs is 2. The summed E-state index contributed by atoms with van der Waals surface area (Å²) < 4.78 is 2.24. The van der Waals surface area contributed by atoms with Gasteiger partial charge in [0.25, 0.3) is 5.91 Å². The minimum atomic E-state index is 0.0321. The lowest BCUT2D eigenvalue weighted by Crippen LogP contribution is -2.26. The number of hydrogen-bond acceptors (Lipinski definition) is 1. The number of para-hydroxylation sites is 2. The van der Waals surface area contributed by atoms with Crippen molar-refractivity contribution in [2.45, 2.75) is 6.54 Å². The van der Waals surface area contributed by atoms with E-state index >= 15 is 0 Å². The lowest BCUT2D eigenvalue weighted by Gasteiger charge is -2.14. The molecule has 6 rings (SSSR count). The lowest BCUT2D eigenvalue weighted by molar-refractivity contribution is -0.112. The Bertz CT molecular complexity index is 1670. The van der Waals surface area contributed by atoms with Crippen LogP contribution in [0.1, 0.15) is 22.3 Å². The smallest absolute Gasteiger partial charge is 0.259 e. The van der Waals surface area contributed by atoms with Gasteiger partial charge in [-0.25, -0.2) is 0 Å². The zero-order chi connectivity index (χ0) is 25.7. The van der Waals surface area contributed by atoms with Gasteiger partial charge >= 0.3 is 0 Å². The zero-order valence-corrected chi connectivity index (χ0v) is 21.1. The number of amides is 1. The molecule has 38 heavy (non-hydrogen) atoms. The molecule has 0 bridgehead atoms. The molecule has 0 spiro atoms. The van der Waals surface area contributed by atoms with Gasteiger partial charge in [0.05, 0.1) is 5.69 Å². The molecule has 0 unspecified atom stereocenters. The molecule has 1 amide bonds. The molecule has 1 aromatic heterocycles. The van der Waals surface area contributed by atoms with Gasteiger partial charge < -0.3 is 9.47 Å². The molecule has 1 aliphatic rings. The number of allylic oxidation sites excluding steroid dienone is 1. The molecule has 0 N–H and O–H groups in total. The minimum Gasteiger partial charge on any atom is -0.343 e. The summed E-state index contributed by atoms with van der Waals surface area (Å²) in [5.74, 6) is 0.0321. The van der Waals surface area contributed by atoms with E-state index in [2.05, 4.69) is 89.7 Å². The minimum absolute atomic E-state index is 0.0321. The number of rotatable bonds is 7. The van der Waals surface area contributed by atoms with Gasteiger partial charge in [0, 0.05) is 46.9 Å². The van der Waals surface area contributed by atoms with E-state index in [-0.39, 0.29) is 5.91 Å². The molecule has 3 heteroatoms. The highest BCUT2D eigenvalue weighted by Crippen LogP contribution is 2.38. The van der Waals surface area contributed by atoms with Crippen LogP contribution >= 0.6 is 0 Å². The van der Waals surface area contributed by atoms with Gasteiger partial charge in [-0.05, 0) is 29.3 Å². The van der Waals surface area contributed by atoms with Gasteiger partial charge in [-0.3, -0.25) is 4.79 Å². The second kappa shape index (κ2) is 10.6. The highest BCUT2D eigenvalue weighted by molar-refractivity contribution is 6.36. The molecule has 0 radical (unpaired) electrons. The third-order valence-electron chi connectivity index (χ3n) is 6.89. The first-order valence-electron chi connectivity index (χ1n) is 12.9. The van der Waals surface area contributed by atoms with E-state index in [0.717, 1.165) is 45.4 Å². The number of carbonyl (C=O) groups is 1. The van der Waals surface area contributed by atoms with Crippen LogP contribution in [0.4, 0.5) is 5.69 Å². The molecule has 0 fully saturated rings. The van der Waals surface area contributed by atoms with Crippen LogP contribution in [0.2, 0.25) is 0 Å². The van der Waals surface area contributed by atoms with Crippen molar-refractivity contribution in [2.75, 3.05) is 11.4 Å². The Morgan fingerprint density at radius 1 is 0.632 bits per heavy atom. The maximum absolute atomic E-state index is 13.7. The first-order valence-corrected chi connectivity index (χ1v) is 12.9. The largest absolute Gasteiger partial charge is 0.343 e. The summed E-state index contributed by atoms with van der Waals surface area (Å²) in [5.41, 5.74) is 7.17. The fourth-order valence-corrected chi connectivity index (χ4v) is 5.05. The average molecular weight is 493 g/mol. The number of nitrogens with zero attached hydrogens (tertiary/aromatic N) is 2. The van der Waals surface area contributed by atoms with Crippen molar-refractivity contribution >= 4 is 46.3 Å². The standard InChI is InChI=1S/C35H28N2O/c38-35-32(31-20-8-10-22-34(31)37(35)24-12-18-28-15-5-2-6-16-28)25-29-26-36(33-21-9-7-19-30(29)33)23-11-17-27-13-3-1-4-14-27/h1-22,25-26H,23-24H2/b17-11-,18-12-,32-25-. The summed E-state index contributed by atoms with van der Waals surface area (Å²) >= 11 is 0. The van der Waals surface area contributed by atoms with Gasteiger partial charge in [-0.2, -0.15) is 0 Å². The molecule has 0 atom stereocenters. The summed E-state index contributed by atoms with van der Waals surface area (Å²) in [7, 11) is 0. The average Bonchev–Trinajstić information content (AvgIpc) is 3.45. The third kappa shape index (κ3) is 4.74. The molecule has 4 aromatic carbocycles. The van der Waals surface area contributed by atoms with Crippen molar-refractivity contribution in [3.05, 3.63) is 150 Å². The van der Waals surface area contributed by atoms with Gasteiger partial charge in [-0.1, -0.05) is 121 Å². The Labute approximate surface area is 223 Å². The normalized spacial score (nSPS) is 14.4.